The predicted molar refractivity (Wildman–Crippen MR) is 47.9 cm³/mol. The Morgan fingerprint density at radius 1 is 1.29 bits per heavy atom. The standard InChI is InChI=1S/C7H4N4O2S/c12-7(13)6-11-10-5(14-6)4-8-2-1-3-9-4/h1-3H,(H,12,13). The summed E-state index contributed by atoms with van der Waals surface area (Å²) in [5.74, 6) is -0.706. The van der Waals surface area contributed by atoms with E-state index in [1.807, 2.05) is 0 Å². The summed E-state index contributed by atoms with van der Waals surface area (Å²) in [5.41, 5.74) is 0. The molecule has 0 saturated carbocycles. The molecule has 6 nitrogen and oxygen atoms in total. The molecule has 14 heavy (non-hydrogen) atoms. The number of carbonyl (C=O) groups is 1. The average Bonchev–Trinajstić information content (AvgIpc) is 2.68. The van der Waals surface area contributed by atoms with E-state index in [2.05, 4.69) is 20.2 Å². The molecular weight excluding hydrogens is 204 g/mol. The number of rotatable bonds is 2. The zero-order valence-corrected chi connectivity index (χ0v) is 7.60. The molecule has 0 aliphatic heterocycles. The third kappa shape index (κ3) is 1.57. The molecule has 0 aliphatic carbocycles. The summed E-state index contributed by atoms with van der Waals surface area (Å²) in [6, 6.07) is 1.67. The van der Waals surface area contributed by atoms with Gasteiger partial charge in [0.1, 0.15) is 0 Å². The van der Waals surface area contributed by atoms with Crippen molar-refractivity contribution in [2.45, 2.75) is 0 Å². The highest BCUT2D eigenvalue weighted by atomic mass is 32.1. The van der Waals surface area contributed by atoms with Crippen LogP contribution in [-0.2, 0) is 0 Å². The molecule has 7 heteroatoms. The first kappa shape index (κ1) is 8.70. The van der Waals surface area contributed by atoms with Crippen molar-refractivity contribution in [3.63, 3.8) is 0 Å². The monoisotopic (exact) mass is 208 g/mol. The van der Waals surface area contributed by atoms with E-state index in [9.17, 15) is 4.79 Å². The topological polar surface area (TPSA) is 88.9 Å². The quantitative estimate of drug-likeness (QED) is 0.781. The van der Waals surface area contributed by atoms with E-state index in [0.29, 0.717) is 10.8 Å². The Kier molecular flexibility index (Phi) is 2.15. The molecule has 2 aromatic rings. The third-order valence-corrected chi connectivity index (χ3v) is 2.27. The maximum Gasteiger partial charge on any atom is 0.367 e. The number of aromatic nitrogens is 4. The summed E-state index contributed by atoms with van der Waals surface area (Å²) in [6.07, 6.45) is 3.12. The van der Waals surface area contributed by atoms with Crippen LogP contribution in [0, 0.1) is 0 Å². The Morgan fingerprint density at radius 2 is 2.00 bits per heavy atom. The van der Waals surface area contributed by atoms with E-state index in [1.165, 1.54) is 0 Å². The summed E-state index contributed by atoms with van der Waals surface area (Å²) in [4.78, 5) is 18.4. The van der Waals surface area contributed by atoms with Crippen molar-refractivity contribution in [1.29, 1.82) is 0 Å². The van der Waals surface area contributed by atoms with Crippen LogP contribution in [0.15, 0.2) is 18.5 Å². The Balaban J connectivity index is 2.39. The van der Waals surface area contributed by atoms with Crippen LogP contribution in [0.5, 0.6) is 0 Å². The lowest BCUT2D eigenvalue weighted by Crippen LogP contribution is -1.93. The maximum absolute atomic E-state index is 10.5. The van der Waals surface area contributed by atoms with Crippen LogP contribution >= 0.6 is 11.3 Å². The van der Waals surface area contributed by atoms with Gasteiger partial charge in [-0.3, -0.25) is 0 Å². The zero-order chi connectivity index (χ0) is 9.97. The maximum atomic E-state index is 10.5. The first-order valence-electron chi connectivity index (χ1n) is 3.61. The molecule has 1 N–H and O–H groups in total. The van der Waals surface area contributed by atoms with E-state index < -0.39 is 5.97 Å². The molecule has 2 aromatic heterocycles. The first-order valence-corrected chi connectivity index (χ1v) is 4.43. The Hall–Kier alpha value is -1.89. The summed E-state index contributed by atoms with van der Waals surface area (Å²) in [5, 5.41) is 16.1. The molecule has 0 fully saturated rings. The van der Waals surface area contributed by atoms with Gasteiger partial charge >= 0.3 is 5.97 Å². The van der Waals surface area contributed by atoms with Gasteiger partial charge in [-0.05, 0) is 6.07 Å². The summed E-state index contributed by atoms with van der Waals surface area (Å²) >= 11 is 0.947. The van der Waals surface area contributed by atoms with Crippen LogP contribution < -0.4 is 0 Å². The SMILES string of the molecule is O=C(O)c1nnc(-c2ncccn2)s1. The van der Waals surface area contributed by atoms with Gasteiger partial charge < -0.3 is 5.11 Å². The fourth-order valence-electron chi connectivity index (χ4n) is 0.810. The van der Waals surface area contributed by atoms with Crippen LogP contribution in [0.25, 0.3) is 10.8 Å². The van der Waals surface area contributed by atoms with Crippen LogP contribution in [0.2, 0.25) is 0 Å². The summed E-state index contributed by atoms with van der Waals surface area (Å²) in [7, 11) is 0. The Bertz CT molecular complexity index is 456. The lowest BCUT2D eigenvalue weighted by atomic mass is 10.6. The first-order chi connectivity index (χ1) is 6.77. The smallest absolute Gasteiger partial charge is 0.367 e. The van der Waals surface area contributed by atoms with Crippen molar-refractivity contribution < 1.29 is 9.90 Å². The average molecular weight is 208 g/mol. The number of hydrogen-bond acceptors (Lipinski definition) is 6. The molecule has 0 aromatic carbocycles. The minimum Gasteiger partial charge on any atom is -0.476 e. The van der Waals surface area contributed by atoms with Gasteiger partial charge in [0.25, 0.3) is 0 Å². The van der Waals surface area contributed by atoms with E-state index in [4.69, 9.17) is 5.11 Å². The van der Waals surface area contributed by atoms with Gasteiger partial charge in [-0.1, -0.05) is 11.3 Å². The molecule has 0 bridgehead atoms. The van der Waals surface area contributed by atoms with Crippen LogP contribution in [0.3, 0.4) is 0 Å². The molecule has 0 aliphatic rings. The second-order valence-corrected chi connectivity index (χ2v) is 3.27. The highest BCUT2D eigenvalue weighted by Crippen LogP contribution is 2.18. The van der Waals surface area contributed by atoms with Gasteiger partial charge in [0, 0.05) is 12.4 Å². The highest BCUT2D eigenvalue weighted by molar-refractivity contribution is 7.16. The third-order valence-electron chi connectivity index (χ3n) is 1.37. The number of aromatic carboxylic acids is 1. The number of carboxylic acid groups (broad SMARTS) is 1. The Morgan fingerprint density at radius 3 is 2.57 bits per heavy atom. The second kappa shape index (κ2) is 3.46. The molecule has 0 radical (unpaired) electrons. The van der Waals surface area contributed by atoms with E-state index in [-0.39, 0.29) is 5.01 Å². The molecule has 0 atom stereocenters. The molecule has 2 heterocycles. The van der Waals surface area contributed by atoms with Gasteiger partial charge in [-0.2, -0.15) is 0 Å². The number of nitrogens with zero attached hydrogens (tertiary/aromatic N) is 4. The van der Waals surface area contributed by atoms with Crippen molar-refractivity contribution in [3.05, 3.63) is 23.5 Å². The largest absolute Gasteiger partial charge is 0.476 e. The van der Waals surface area contributed by atoms with Crippen molar-refractivity contribution >= 4 is 17.3 Å². The minimum absolute atomic E-state index is 0.0625. The summed E-state index contributed by atoms with van der Waals surface area (Å²) < 4.78 is 0. The second-order valence-electron chi connectivity index (χ2n) is 2.29. The molecule has 2 rings (SSSR count). The zero-order valence-electron chi connectivity index (χ0n) is 6.78. The van der Waals surface area contributed by atoms with Crippen molar-refractivity contribution in [2.75, 3.05) is 0 Å². The fourth-order valence-corrected chi connectivity index (χ4v) is 1.44. The molecule has 0 spiro atoms. The van der Waals surface area contributed by atoms with Crippen molar-refractivity contribution in [1.82, 2.24) is 20.2 Å². The molecule has 70 valence electrons. The normalized spacial score (nSPS) is 10.0. The number of hydrogen-bond donors (Lipinski definition) is 1. The Labute approximate surface area is 82.3 Å². The van der Waals surface area contributed by atoms with E-state index >= 15 is 0 Å². The van der Waals surface area contributed by atoms with Gasteiger partial charge in [0.05, 0.1) is 0 Å². The fraction of sp³-hybridized carbons (Fsp3) is 0. The van der Waals surface area contributed by atoms with Crippen LogP contribution in [-0.4, -0.2) is 31.2 Å². The van der Waals surface area contributed by atoms with E-state index in [1.54, 1.807) is 18.5 Å². The number of carboxylic acids is 1. The molecular formula is C7H4N4O2S. The molecule has 0 unspecified atom stereocenters. The minimum atomic E-state index is -1.09. The van der Waals surface area contributed by atoms with E-state index in [0.717, 1.165) is 11.3 Å². The molecule has 0 amide bonds. The predicted octanol–water partition coefficient (Wildman–Crippen LogP) is 0.693. The lowest BCUT2D eigenvalue weighted by Gasteiger charge is -1.88. The van der Waals surface area contributed by atoms with Gasteiger partial charge in [0.2, 0.25) is 5.01 Å². The lowest BCUT2D eigenvalue weighted by molar-refractivity contribution is 0.0695. The van der Waals surface area contributed by atoms with Crippen molar-refractivity contribution in [3.8, 4) is 10.8 Å². The highest BCUT2D eigenvalue weighted by Gasteiger charge is 2.13. The van der Waals surface area contributed by atoms with Crippen LogP contribution in [0.1, 0.15) is 9.80 Å². The van der Waals surface area contributed by atoms with Crippen LogP contribution in [0.4, 0.5) is 0 Å². The van der Waals surface area contributed by atoms with Gasteiger partial charge in [-0.15, -0.1) is 10.2 Å². The molecule has 0 saturated heterocycles. The van der Waals surface area contributed by atoms with Crippen molar-refractivity contribution in [2.24, 2.45) is 0 Å². The van der Waals surface area contributed by atoms with Gasteiger partial charge in [0.15, 0.2) is 10.8 Å². The van der Waals surface area contributed by atoms with Gasteiger partial charge in [-0.25, -0.2) is 14.8 Å². The summed E-state index contributed by atoms with van der Waals surface area (Å²) in [6.45, 7) is 0.